The molecule has 0 aliphatic carbocycles. The van der Waals surface area contributed by atoms with Crippen molar-refractivity contribution in [2.24, 2.45) is 0 Å². The minimum Gasteiger partial charge on any atom is -0.428 e. The molecular formula is C19H18FNO3S2. The molecule has 0 bridgehead atoms. The maximum Gasteiger partial charge on any atom is 0.228 e. The van der Waals surface area contributed by atoms with E-state index in [1.54, 1.807) is 18.2 Å². The van der Waals surface area contributed by atoms with Crippen LogP contribution in [0, 0.1) is 5.82 Å². The number of aromatic nitrogens is 1. The van der Waals surface area contributed by atoms with E-state index in [-0.39, 0.29) is 32.0 Å². The molecule has 0 amide bonds. The number of hydrogen-bond acceptors (Lipinski definition) is 5. The Bertz CT molecular complexity index is 983. The molecule has 0 unspecified atom stereocenters. The lowest BCUT2D eigenvalue weighted by atomic mass is 10.2. The highest BCUT2D eigenvalue weighted by atomic mass is 32.2. The molecular weight excluding hydrogens is 373 g/mol. The van der Waals surface area contributed by atoms with Crippen LogP contribution in [0.2, 0.25) is 0 Å². The van der Waals surface area contributed by atoms with Gasteiger partial charge in [0.1, 0.15) is 5.82 Å². The van der Waals surface area contributed by atoms with Crippen molar-refractivity contribution in [3.05, 3.63) is 60.4 Å². The summed E-state index contributed by atoms with van der Waals surface area (Å²) in [6.07, 6.45) is 0.849. The van der Waals surface area contributed by atoms with Crippen LogP contribution in [0.25, 0.3) is 11.5 Å². The Kier molecular flexibility index (Phi) is 5.48. The molecule has 26 heavy (non-hydrogen) atoms. The Balaban J connectivity index is 2.12. The van der Waals surface area contributed by atoms with Gasteiger partial charge in [-0.1, -0.05) is 43.8 Å². The molecule has 2 aromatic carbocycles. The van der Waals surface area contributed by atoms with Gasteiger partial charge in [-0.2, -0.15) is 4.98 Å². The van der Waals surface area contributed by atoms with Gasteiger partial charge >= 0.3 is 0 Å². The summed E-state index contributed by atoms with van der Waals surface area (Å²) in [5.74, 6) is -0.225. The first-order valence-corrected chi connectivity index (χ1v) is 10.5. The van der Waals surface area contributed by atoms with Gasteiger partial charge in [0.2, 0.25) is 25.8 Å². The van der Waals surface area contributed by atoms with E-state index in [1.165, 1.54) is 48.2 Å². The van der Waals surface area contributed by atoms with Crippen LogP contribution in [0.3, 0.4) is 0 Å². The second-order valence-electron chi connectivity index (χ2n) is 5.77. The third kappa shape index (κ3) is 3.83. The Morgan fingerprint density at radius 3 is 2.38 bits per heavy atom. The molecule has 0 N–H and O–H groups in total. The maximum atomic E-state index is 13.2. The molecule has 3 rings (SSSR count). The molecule has 1 aromatic heterocycles. The monoisotopic (exact) mass is 391 g/mol. The lowest BCUT2D eigenvalue weighted by Gasteiger charge is -2.07. The summed E-state index contributed by atoms with van der Waals surface area (Å²) in [6.45, 7) is 4.00. The summed E-state index contributed by atoms with van der Waals surface area (Å²) < 4.78 is 45.0. The number of rotatable bonds is 6. The van der Waals surface area contributed by atoms with E-state index in [1.807, 2.05) is 13.8 Å². The summed E-state index contributed by atoms with van der Waals surface area (Å²) in [4.78, 5) is 4.40. The van der Waals surface area contributed by atoms with Crippen LogP contribution in [0.15, 0.2) is 74.0 Å². The number of thioether (sulfide) groups is 1. The first kappa shape index (κ1) is 18.7. The van der Waals surface area contributed by atoms with Crippen molar-refractivity contribution in [2.75, 3.05) is 0 Å². The van der Waals surface area contributed by atoms with Crippen molar-refractivity contribution in [1.82, 2.24) is 4.98 Å². The van der Waals surface area contributed by atoms with Crippen molar-refractivity contribution in [3.63, 3.8) is 0 Å². The predicted octanol–water partition coefficient (Wildman–Crippen LogP) is 5.20. The van der Waals surface area contributed by atoms with Gasteiger partial charge in [0.15, 0.2) is 0 Å². The molecule has 136 valence electrons. The number of halogens is 1. The fraction of sp³-hybridized carbons (Fsp3) is 0.211. The lowest BCUT2D eigenvalue weighted by molar-refractivity contribution is 0.469. The number of nitrogens with zero attached hydrogens (tertiary/aromatic N) is 1. The zero-order valence-corrected chi connectivity index (χ0v) is 16.0. The Morgan fingerprint density at radius 1 is 1.12 bits per heavy atom. The highest BCUT2D eigenvalue weighted by molar-refractivity contribution is 8.00. The van der Waals surface area contributed by atoms with Crippen LogP contribution in [-0.4, -0.2) is 18.7 Å². The number of hydrogen-bond donors (Lipinski definition) is 0. The van der Waals surface area contributed by atoms with E-state index in [9.17, 15) is 12.8 Å². The van der Waals surface area contributed by atoms with E-state index in [4.69, 9.17) is 4.42 Å². The molecule has 0 saturated heterocycles. The summed E-state index contributed by atoms with van der Waals surface area (Å²) >= 11 is 1.33. The number of sulfone groups is 1. The molecule has 0 radical (unpaired) electrons. The molecule has 0 aliphatic heterocycles. The standard InChI is InChI=1S/C19H18FNO3S2/c1-3-13(2)25-19-18(26(22,23)16-7-5-4-6-8-16)21-17(24-19)14-9-11-15(20)12-10-14/h4-13H,3H2,1-2H3/t13-/m0/s1. The normalized spacial score (nSPS) is 12.9. The summed E-state index contributed by atoms with van der Waals surface area (Å²) in [5, 5.41) is 0.310. The zero-order valence-electron chi connectivity index (χ0n) is 14.3. The Labute approximate surface area is 156 Å². The predicted molar refractivity (Wildman–Crippen MR) is 99.4 cm³/mol. The smallest absolute Gasteiger partial charge is 0.228 e. The fourth-order valence-electron chi connectivity index (χ4n) is 2.23. The van der Waals surface area contributed by atoms with Crippen molar-refractivity contribution in [1.29, 1.82) is 0 Å². The van der Waals surface area contributed by atoms with Crippen molar-refractivity contribution >= 4 is 21.6 Å². The minimum atomic E-state index is -3.82. The molecule has 1 heterocycles. The van der Waals surface area contributed by atoms with Gasteiger partial charge in [0, 0.05) is 10.8 Å². The van der Waals surface area contributed by atoms with E-state index in [0.29, 0.717) is 5.56 Å². The lowest BCUT2D eigenvalue weighted by Crippen LogP contribution is -2.04. The number of oxazole rings is 1. The first-order chi connectivity index (χ1) is 12.4. The highest BCUT2D eigenvalue weighted by Crippen LogP contribution is 2.37. The highest BCUT2D eigenvalue weighted by Gasteiger charge is 2.29. The largest absolute Gasteiger partial charge is 0.428 e. The molecule has 7 heteroatoms. The van der Waals surface area contributed by atoms with Gasteiger partial charge in [0.05, 0.1) is 4.90 Å². The van der Waals surface area contributed by atoms with Crippen LogP contribution in [-0.2, 0) is 9.84 Å². The van der Waals surface area contributed by atoms with E-state index in [0.717, 1.165) is 6.42 Å². The SMILES string of the molecule is CC[C@H](C)Sc1oc(-c2ccc(F)cc2)nc1S(=O)(=O)c1ccccc1. The third-order valence-corrected chi connectivity index (χ3v) is 6.88. The van der Waals surface area contributed by atoms with Crippen molar-refractivity contribution < 1.29 is 17.2 Å². The average Bonchev–Trinajstić information content (AvgIpc) is 3.07. The summed E-state index contributed by atoms with van der Waals surface area (Å²) in [5.41, 5.74) is 0.520. The fourth-order valence-corrected chi connectivity index (χ4v) is 4.71. The van der Waals surface area contributed by atoms with Gasteiger partial charge in [-0.15, -0.1) is 0 Å². The van der Waals surface area contributed by atoms with Crippen LogP contribution in [0.4, 0.5) is 4.39 Å². The molecule has 0 saturated carbocycles. The van der Waals surface area contributed by atoms with Gasteiger partial charge in [-0.25, -0.2) is 12.8 Å². The maximum absolute atomic E-state index is 13.2. The minimum absolute atomic E-state index is 0.103. The zero-order chi connectivity index (χ0) is 18.7. The van der Waals surface area contributed by atoms with Gasteiger partial charge in [0.25, 0.3) is 0 Å². The van der Waals surface area contributed by atoms with Crippen LogP contribution >= 0.6 is 11.8 Å². The van der Waals surface area contributed by atoms with E-state index in [2.05, 4.69) is 4.98 Å². The second kappa shape index (κ2) is 7.63. The first-order valence-electron chi connectivity index (χ1n) is 8.15. The van der Waals surface area contributed by atoms with Gasteiger partial charge in [-0.3, -0.25) is 0 Å². The Hall–Kier alpha value is -2.12. The van der Waals surface area contributed by atoms with Crippen molar-refractivity contribution in [2.45, 2.75) is 40.5 Å². The summed E-state index contributed by atoms with van der Waals surface area (Å²) in [7, 11) is -3.82. The van der Waals surface area contributed by atoms with Crippen LogP contribution < -0.4 is 0 Å². The topological polar surface area (TPSA) is 60.2 Å². The summed E-state index contributed by atoms with van der Waals surface area (Å²) in [6, 6.07) is 13.7. The molecule has 0 aliphatic rings. The van der Waals surface area contributed by atoms with E-state index < -0.39 is 9.84 Å². The second-order valence-corrected chi connectivity index (χ2v) is 9.05. The Morgan fingerprint density at radius 2 is 1.77 bits per heavy atom. The molecule has 0 fully saturated rings. The number of benzene rings is 2. The third-order valence-electron chi connectivity index (χ3n) is 3.85. The molecule has 4 nitrogen and oxygen atoms in total. The average molecular weight is 391 g/mol. The van der Waals surface area contributed by atoms with E-state index >= 15 is 0 Å². The van der Waals surface area contributed by atoms with Crippen molar-refractivity contribution in [3.8, 4) is 11.5 Å². The molecule has 1 atom stereocenters. The molecule has 0 spiro atoms. The van der Waals surface area contributed by atoms with Gasteiger partial charge in [-0.05, 0) is 42.8 Å². The van der Waals surface area contributed by atoms with Crippen LogP contribution in [0.1, 0.15) is 20.3 Å². The quantitative estimate of drug-likeness (QED) is 0.540. The van der Waals surface area contributed by atoms with Gasteiger partial charge < -0.3 is 4.42 Å². The van der Waals surface area contributed by atoms with Crippen LogP contribution in [0.5, 0.6) is 0 Å². The molecule has 3 aromatic rings.